The van der Waals surface area contributed by atoms with E-state index in [0.717, 1.165) is 38.5 Å². The molecule has 2 aliphatic heterocycles. The molecule has 2 atom stereocenters. The maximum Gasteiger partial charge on any atom is 0.248 e. The van der Waals surface area contributed by atoms with Crippen molar-refractivity contribution in [2.75, 3.05) is 26.3 Å². The zero-order valence-corrected chi connectivity index (χ0v) is 11.7. The van der Waals surface area contributed by atoms with Gasteiger partial charge in [0.2, 0.25) is 5.72 Å². The summed E-state index contributed by atoms with van der Waals surface area (Å²) in [5.74, 6) is 1.76. The van der Waals surface area contributed by atoms with Gasteiger partial charge in [-0.3, -0.25) is 4.90 Å². The van der Waals surface area contributed by atoms with E-state index in [1.165, 1.54) is 29.7 Å². The lowest BCUT2D eigenvalue weighted by atomic mass is 9.77. The predicted molar refractivity (Wildman–Crippen MR) is 74.2 cm³/mol. The lowest BCUT2D eigenvalue weighted by Crippen LogP contribution is -3.23. The summed E-state index contributed by atoms with van der Waals surface area (Å²) in [6.07, 6.45) is 4.78. The van der Waals surface area contributed by atoms with Crippen molar-refractivity contribution in [1.82, 2.24) is 0 Å². The molecule has 0 bridgehead atoms. The maximum atomic E-state index is 9.80. The molecule has 2 heterocycles. The molecule has 0 aromatic heterocycles. The number of benzene rings is 1. The van der Waals surface area contributed by atoms with Crippen molar-refractivity contribution in [1.29, 1.82) is 0 Å². The van der Waals surface area contributed by atoms with Gasteiger partial charge < -0.3 is 14.6 Å². The molecule has 20 heavy (non-hydrogen) atoms. The van der Waals surface area contributed by atoms with Crippen LogP contribution in [-0.2, 0) is 4.74 Å². The molecule has 1 saturated heterocycles. The predicted octanol–water partition coefficient (Wildman–Crippen LogP) is 1.05. The molecule has 4 rings (SSSR count). The Morgan fingerprint density at radius 2 is 2.05 bits per heavy atom. The van der Waals surface area contributed by atoms with E-state index in [0.29, 0.717) is 11.7 Å². The highest BCUT2D eigenvalue weighted by atomic mass is 16.5. The van der Waals surface area contributed by atoms with E-state index in [-0.39, 0.29) is 5.72 Å². The van der Waals surface area contributed by atoms with Crippen LogP contribution in [0.3, 0.4) is 0 Å². The van der Waals surface area contributed by atoms with Gasteiger partial charge in [-0.15, -0.1) is 0 Å². The fourth-order valence-corrected chi connectivity index (χ4v) is 4.31. The van der Waals surface area contributed by atoms with Crippen molar-refractivity contribution < 1.29 is 19.5 Å². The lowest BCUT2D eigenvalue weighted by molar-refractivity contribution is -0.982. The number of nitrogens with one attached hydrogen (secondary N) is 1. The fraction of sp³-hybridized carbons (Fsp3) is 0.625. The normalized spacial score (nSPS) is 33.3. The number of hydrogen-bond acceptors (Lipinski definition) is 3. The second-order valence-electron chi connectivity index (χ2n) is 6.23. The third-order valence-corrected chi connectivity index (χ3v) is 5.21. The fourth-order valence-electron chi connectivity index (χ4n) is 4.31. The Kier molecular flexibility index (Phi) is 2.89. The summed E-state index contributed by atoms with van der Waals surface area (Å²) in [4.78, 5) is 1.53. The average Bonchev–Trinajstić information content (AvgIpc) is 2.83. The van der Waals surface area contributed by atoms with Gasteiger partial charge in [0.05, 0.1) is 19.1 Å². The van der Waals surface area contributed by atoms with Gasteiger partial charge in [-0.05, 0) is 31.0 Å². The lowest BCUT2D eigenvalue weighted by Gasteiger charge is -2.44. The number of phenolic OH excluding ortho intramolecular Hbond substituents is 1. The molecule has 108 valence electrons. The van der Waals surface area contributed by atoms with Gasteiger partial charge >= 0.3 is 0 Å². The molecule has 1 aromatic carbocycles. The molecule has 0 radical (unpaired) electrons. The minimum Gasteiger partial charge on any atom is -0.508 e. The van der Waals surface area contributed by atoms with Crippen LogP contribution in [0.5, 0.6) is 11.5 Å². The molecule has 1 aromatic rings. The smallest absolute Gasteiger partial charge is 0.248 e. The second-order valence-corrected chi connectivity index (χ2v) is 6.23. The van der Waals surface area contributed by atoms with Crippen LogP contribution in [0.2, 0.25) is 0 Å². The van der Waals surface area contributed by atoms with Gasteiger partial charge in [0.1, 0.15) is 24.6 Å². The minimum absolute atomic E-state index is 0.113. The van der Waals surface area contributed by atoms with Crippen molar-refractivity contribution in [3.8, 4) is 11.5 Å². The number of ether oxygens (including phenoxy) is 2. The van der Waals surface area contributed by atoms with Crippen molar-refractivity contribution in [2.45, 2.75) is 37.3 Å². The van der Waals surface area contributed by atoms with Crippen LogP contribution in [0.1, 0.15) is 37.2 Å². The van der Waals surface area contributed by atoms with Crippen LogP contribution in [0.4, 0.5) is 0 Å². The number of hydrogen-bond donors (Lipinski definition) is 2. The second kappa shape index (κ2) is 4.64. The van der Waals surface area contributed by atoms with Gasteiger partial charge in [0, 0.05) is 12.0 Å². The van der Waals surface area contributed by atoms with Gasteiger partial charge in [0.15, 0.2) is 0 Å². The molecule has 1 aliphatic carbocycles. The van der Waals surface area contributed by atoms with Crippen LogP contribution in [-0.4, -0.2) is 37.1 Å². The van der Waals surface area contributed by atoms with Crippen LogP contribution in [0, 0.1) is 0 Å². The molecule has 0 amide bonds. The Morgan fingerprint density at radius 1 is 1.20 bits per heavy atom. The topological polar surface area (TPSA) is 43.1 Å². The first-order valence-corrected chi connectivity index (χ1v) is 7.74. The van der Waals surface area contributed by atoms with Crippen LogP contribution in [0.25, 0.3) is 0 Å². The summed E-state index contributed by atoms with van der Waals surface area (Å²) in [5, 5.41) is 9.80. The van der Waals surface area contributed by atoms with E-state index in [1.807, 2.05) is 12.1 Å². The molecule has 0 spiro atoms. The van der Waals surface area contributed by atoms with Gasteiger partial charge in [-0.1, -0.05) is 6.42 Å². The van der Waals surface area contributed by atoms with Crippen molar-refractivity contribution in [2.24, 2.45) is 0 Å². The number of rotatable bonds is 1. The molecular weight excluding hydrogens is 254 g/mol. The van der Waals surface area contributed by atoms with Gasteiger partial charge in [-0.2, -0.15) is 0 Å². The average molecular weight is 276 g/mol. The van der Waals surface area contributed by atoms with E-state index in [2.05, 4.69) is 0 Å². The zero-order valence-electron chi connectivity index (χ0n) is 11.7. The third kappa shape index (κ3) is 1.75. The highest BCUT2D eigenvalue weighted by Gasteiger charge is 2.57. The first-order valence-electron chi connectivity index (χ1n) is 7.74. The number of quaternary nitrogens is 1. The maximum absolute atomic E-state index is 9.80. The number of phenols is 1. The summed E-state index contributed by atoms with van der Waals surface area (Å²) in [5.41, 5.74) is 1.10. The van der Waals surface area contributed by atoms with Crippen LogP contribution >= 0.6 is 0 Å². The summed E-state index contributed by atoms with van der Waals surface area (Å²) in [6, 6.07) is 5.58. The molecule has 0 unspecified atom stereocenters. The monoisotopic (exact) mass is 276 g/mol. The molecule has 1 saturated carbocycles. The standard InChI is InChI=1S/C16H21NO3/c18-12-4-5-15-13(11-12)14-3-1-2-6-16(14,20-15)17-7-9-19-10-8-17/h4-5,11,14,18H,1-3,6-10H2/p+1/t14-,16-/m1/s1. The summed E-state index contributed by atoms with van der Waals surface area (Å²) in [7, 11) is 0. The molecule has 4 nitrogen and oxygen atoms in total. The van der Waals surface area contributed by atoms with E-state index in [1.54, 1.807) is 6.07 Å². The SMILES string of the molecule is Oc1ccc2c(c1)[C@H]1CCCC[C@@]1([NH+]1CCOCC1)O2. The minimum atomic E-state index is -0.113. The molecular formula is C16H22NO3+. The van der Waals surface area contributed by atoms with Crippen LogP contribution < -0.4 is 9.64 Å². The Hall–Kier alpha value is -1.26. The Morgan fingerprint density at radius 3 is 2.90 bits per heavy atom. The number of fused-ring (bicyclic) bond motifs is 3. The number of morpholine rings is 1. The number of aromatic hydroxyl groups is 1. The first-order chi connectivity index (χ1) is 9.79. The van der Waals surface area contributed by atoms with E-state index in [4.69, 9.17) is 9.47 Å². The van der Waals surface area contributed by atoms with Gasteiger partial charge in [-0.25, -0.2) is 0 Å². The molecule has 2 fully saturated rings. The molecule has 4 heteroatoms. The zero-order chi connectivity index (χ0) is 13.6. The molecule has 2 N–H and O–H groups in total. The van der Waals surface area contributed by atoms with E-state index in [9.17, 15) is 5.11 Å². The summed E-state index contributed by atoms with van der Waals surface area (Å²) >= 11 is 0. The van der Waals surface area contributed by atoms with E-state index >= 15 is 0 Å². The Balaban J connectivity index is 1.74. The van der Waals surface area contributed by atoms with Gasteiger partial charge in [0.25, 0.3) is 0 Å². The van der Waals surface area contributed by atoms with E-state index < -0.39 is 0 Å². The first kappa shape index (κ1) is 12.5. The van der Waals surface area contributed by atoms with Crippen LogP contribution in [0.15, 0.2) is 18.2 Å². The Labute approximate surface area is 119 Å². The summed E-state index contributed by atoms with van der Waals surface area (Å²) < 4.78 is 12.0. The van der Waals surface area contributed by atoms with Crippen molar-refractivity contribution in [3.05, 3.63) is 23.8 Å². The Bertz CT molecular complexity index is 512. The highest BCUT2D eigenvalue weighted by molar-refractivity contribution is 5.46. The summed E-state index contributed by atoms with van der Waals surface area (Å²) in [6.45, 7) is 3.70. The van der Waals surface area contributed by atoms with Crippen molar-refractivity contribution in [3.63, 3.8) is 0 Å². The molecule has 3 aliphatic rings. The van der Waals surface area contributed by atoms with Crippen molar-refractivity contribution >= 4 is 0 Å². The third-order valence-electron chi connectivity index (χ3n) is 5.21. The quantitative estimate of drug-likeness (QED) is 0.806. The highest BCUT2D eigenvalue weighted by Crippen LogP contribution is 2.50. The largest absolute Gasteiger partial charge is 0.508 e.